The number of nitrogens with zero attached hydrogens (tertiary/aromatic N) is 1. The van der Waals surface area contributed by atoms with Crippen molar-refractivity contribution < 1.29 is 19.7 Å². The zero-order valence-electron chi connectivity index (χ0n) is 11.6. The van der Waals surface area contributed by atoms with E-state index in [0.29, 0.717) is 10.0 Å². The lowest BCUT2D eigenvalue weighted by molar-refractivity contribution is 0.0952. The van der Waals surface area contributed by atoms with Gasteiger partial charge in [0, 0.05) is 10.0 Å². The summed E-state index contributed by atoms with van der Waals surface area (Å²) in [6, 6.07) is 9.19. The van der Waals surface area contributed by atoms with Crippen molar-refractivity contribution in [3.8, 4) is 17.2 Å². The largest absolute Gasteiger partial charge is 0.507 e. The Hall–Kier alpha value is -2.54. The Balaban J connectivity index is 2.13. The third-order valence-corrected chi connectivity index (χ3v) is 3.50. The fourth-order valence-corrected chi connectivity index (χ4v) is 2.14. The molecule has 0 aliphatic rings. The summed E-state index contributed by atoms with van der Waals surface area (Å²) >= 11 is 3.27. The Morgan fingerprint density at radius 2 is 2.00 bits per heavy atom. The van der Waals surface area contributed by atoms with Crippen molar-refractivity contribution in [3.63, 3.8) is 0 Å². The molecule has 2 aromatic carbocycles. The van der Waals surface area contributed by atoms with Gasteiger partial charge in [-0.3, -0.25) is 4.79 Å². The minimum atomic E-state index is -0.531. The molecule has 0 fully saturated rings. The van der Waals surface area contributed by atoms with E-state index < -0.39 is 5.91 Å². The van der Waals surface area contributed by atoms with E-state index in [1.807, 2.05) is 0 Å². The molecule has 0 spiro atoms. The molecule has 1 amide bonds. The second-order valence-electron chi connectivity index (χ2n) is 4.26. The fraction of sp³-hybridized carbons (Fsp3) is 0.0667. The summed E-state index contributed by atoms with van der Waals surface area (Å²) in [4.78, 5) is 11.9. The average Bonchev–Trinajstić information content (AvgIpc) is 2.49. The first kappa shape index (κ1) is 15.8. The quantitative estimate of drug-likeness (QED) is 0.574. The van der Waals surface area contributed by atoms with E-state index in [0.717, 1.165) is 0 Å². The first-order valence-electron chi connectivity index (χ1n) is 6.21. The molecule has 0 atom stereocenters. The second kappa shape index (κ2) is 6.95. The van der Waals surface area contributed by atoms with Gasteiger partial charge >= 0.3 is 0 Å². The third-order valence-electron chi connectivity index (χ3n) is 2.82. The highest BCUT2D eigenvalue weighted by molar-refractivity contribution is 9.10. The number of para-hydroxylation sites is 1. The lowest BCUT2D eigenvalue weighted by Gasteiger charge is -2.06. The van der Waals surface area contributed by atoms with Crippen LogP contribution < -0.4 is 10.2 Å². The van der Waals surface area contributed by atoms with E-state index >= 15 is 0 Å². The lowest BCUT2D eigenvalue weighted by Crippen LogP contribution is -2.17. The van der Waals surface area contributed by atoms with Crippen molar-refractivity contribution in [3.05, 3.63) is 52.0 Å². The van der Waals surface area contributed by atoms with Crippen LogP contribution in [0.2, 0.25) is 0 Å². The number of phenolic OH excluding ortho intramolecular Hbond substituents is 2. The van der Waals surface area contributed by atoms with Crippen molar-refractivity contribution >= 4 is 28.1 Å². The lowest BCUT2D eigenvalue weighted by atomic mass is 10.2. The Labute approximate surface area is 135 Å². The summed E-state index contributed by atoms with van der Waals surface area (Å²) in [6.45, 7) is 0. The summed E-state index contributed by atoms with van der Waals surface area (Å²) < 4.78 is 5.59. The zero-order valence-corrected chi connectivity index (χ0v) is 13.2. The number of hydrogen-bond acceptors (Lipinski definition) is 5. The molecule has 0 unspecified atom stereocenters. The fourth-order valence-electron chi connectivity index (χ4n) is 1.71. The van der Waals surface area contributed by atoms with Gasteiger partial charge in [0.15, 0.2) is 11.5 Å². The van der Waals surface area contributed by atoms with E-state index in [-0.39, 0.29) is 22.8 Å². The van der Waals surface area contributed by atoms with Crippen molar-refractivity contribution in [1.82, 2.24) is 5.43 Å². The maximum absolute atomic E-state index is 11.9. The van der Waals surface area contributed by atoms with Gasteiger partial charge < -0.3 is 14.9 Å². The van der Waals surface area contributed by atoms with E-state index in [1.54, 1.807) is 18.2 Å². The number of phenols is 2. The number of halogens is 1. The van der Waals surface area contributed by atoms with Crippen LogP contribution in [0.5, 0.6) is 17.2 Å². The number of hydrazone groups is 1. The summed E-state index contributed by atoms with van der Waals surface area (Å²) in [5.41, 5.74) is 3.04. The first-order valence-corrected chi connectivity index (χ1v) is 7.00. The zero-order chi connectivity index (χ0) is 16.1. The number of hydrogen-bond donors (Lipinski definition) is 3. The van der Waals surface area contributed by atoms with Gasteiger partial charge in [0.1, 0.15) is 5.75 Å². The summed E-state index contributed by atoms with van der Waals surface area (Å²) in [5, 5.41) is 23.0. The molecule has 0 bridgehead atoms. The van der Waals surface area contributed by atoms with Crippen LogP contribution in [-0.4, -0.2) is 29.4 Å². The molecule has 0 aliphatic carbocycles. The van der Waals surface area contributed by atoms with Crippen LogP contribution >= 0.6 is 15.9 Å². The predicted molar refractivity (Wildman–Crippen MR) is 85.5 cm³/mol. The molecule has 3 N–H and O–H groups in total. The highest BCUT2D eigenvalue weighted by atomic mass is 79.9. The normalized spacial score (nSPS) is 10.6. The smallest absolute Gasteiger partial charge is 0.275 e. The Morgan fingerprint density at radius 1 is 1.27 bits per heavy atom. The van der Waals surface area contributed by atoms with Crippen molar-refractivity contribution in [2.45, 2.75) is 0 Å². The highest BCUT2D eigenvalue weighted by Crippen LogP contribution is 2.31. The van der Waals surface area contributed by atoms with Crippen LogP contribution in [-0.2, 0) is 0 Å². The standard InChI is InChI=1S/C15H13BrN2O4/c1-22-14-6-9(11(16)7-13(14)20)8-17-18-15(21)10-4-2-3-5-12(10)19/h2-8,19-20H,1H3,(H,18,21)/b17-8+. The molecule has 0 saturated carbocycles. The maximum atomic E-state index is 11.9. The Bertz CT molecular complexity index is 731. The molecule has 6 nitrogen and oxygen atoms in total. The molecule has 22 heavy (non-hydrogen) atoms. The number of carbonyl (C=O) groups is 1. The molecule has 0 aliphatic heterocycles. The molecule has 0 saturated heterocycles. The molecule has 0 heterocycles. The molecule has 0 aromatic heterocycles. The van der Waals surface area contributed by atoms with Gasteiger partial charge in [-0.2, -0.15) is 5.10 Å². The van der Waals surface area contributed by atoms with E-state index in [4.69, 9.17) is 4.74 Å². The van der Waals surface area contributed by atoms with Gasteiger partial charge in [-0.15, -0.1) is 0 Å². The summed E-state index contributed by atoms with van der Waals surface area (Å²) in [5.74, 6) is -0.375. The van der Waals surface area contributed by atoms with Gasteiger partial charge in [0.2, 0.25) is 0 Å². The third kappa shape index (κ3) is 3.56. The van der Waals surface area contributed by atoms with Crippen LogP contribution in [0, 0.1) is 0 Å². The number of benzene rings is 2. The van der Waals surface area contributed by atoms with Gasteiger partial charge in [-0.1, -0.05) is 12.1 Å². The van der Waals surface area contributed by atoms with Gasteiger partial charge in [0.25, 0.3) is 5.91 Å². The number of nitrogens with one attached hydrogen (secondary N) is 1. The number of aromatic hydroxyl groups is 2. The number of methoxy groups -OCH3 is 1. The van der Waals surface area contributed by atoms with Crippen LogP contribution in [0.15, 0.2) is 46.0 Å². The minimum absolute atomic E-state index is 0.00947. The first-order chi connectivity index (χ1) is 10.5. The monoisotopic (exact) mass is 364 g/mol. The Kier molecular flexibility index (Phi) is 5.00. The molecule has 0 radical (unpaired) electrons. The molecule has 2 aromatic rings. The SMILES string of the molecule is COc1cc(/C=N/NC(=O)c2ccccc2O)c(Br)cc1O. The van der Waals surface area contributed by atoms with Crippen LogP contribution in [0.1, 0.15) is 15.9 Å². The van der Waals surface area contributed by atoms with Crippen LogP contribution in [0.25, 0.3) is 0 Å². The van der Waals surface area contributed by atoms with Crippen molar-refractivity contribution in [2.75, 3.05) is 7.11 Å². The summed E-state index contributed by atoms with van der Waals surface area (Å²) in [7, 11) is 1.43. The minimum Gasteiger partial charge on any atom is -0.507 e. The topological polar surface area (TPSA) is 91.2 Å². The van der Waals surface area contributed by atoms with Crippen molar-refractivity contribution in [2.24, 2.45) is 5.10 Å². The summed E-state index contributed by atoms with van der Waals surface area (Å²) in [6.07, 6.45) is 1.39. The van der Waals surface area contributed by atoms with Gasteiger partial charge in [0.05, 0.1) is 18.9 Å². The van der Waals surface area contributed by atoms with Crippen LogP contribution in [0.3, 0.4) is 0 Å². The average molecular weight is 365 g/mol. The van der Waals surface area contributed by atoms with Gasteiger partial charge in [-0.05, 0) is 40.2 Å². The van der Waals surface area contributed by atoms with Gasteiger partial charge in [-0.25, -0.2) is 5.43 Å². The highest BCUT2D eigenvalue weighted by Gasteiger charge is 2.09. The van der Waals surface area contributed by atoms with E-state index in [9.17, 15) is 15.0 Å². The number of amides is 1. The number of rotatable bonds is 4. The molecular formula is C15H13BrN2O4. The van der Waals surface area contributed by atoms with E-state index in [2.05, 4.69) is 26.5 Å². The molecule has 2 rings (SSSR count). The molecular weight excluding hydrogens is 352 g/mol. The Morgan fingerprint density at radius 3 is 2.68 bits per heavy atom. The maximum Gasteiger partial charge on any atom is 0.275 e. The van der Waals surface area contributed by atoms with E-state index in [1.165, 1.54) is 31.5 Å². The van der Waals surface area contributed by atoms with Crippen molar-refractivity contribution in [1.29, 1.82) is 0 Å². The number of ether oxygens (including phenoxy) is 1. The molecule has 7 heteroatoms. The molecule has 114 valence electrons. The predicted octanol–water partition coefficient (Wildman–Crippen LogP) is 2.63. The number of carbonyl (C=O) groups excluding carboxylic acids is 1. The second-order valence-corrected chi connectivity index (χ2v) is 5.12. The van der Waals surface area contributed by atoms with Crippen LogP contribution in [0.4, 0.5) is 0 Å².